The Labute approximate surface area is 112 Å². The third kappa shape index (κ3) is 2.60. The average Bonchev–Trinajstić information content (AvgIpc) is 2.38. The van der Waals surface area contributed by atoms with E-state index in [1.807, 2.05) is 0 Å². The molecular formula is C13H17ClN2O2. The predicted octanol–water partition coefficient (Wildman–Crippen LogP) is 2.17. The Balaban J connectivity index is 2.20. The molecule has 1 aliphatic heterocycles. The van der Waals surface area contributed by atoms with E-state index >= 15 is 0 Å². The zero-order valence-electron chi connectivity index (χ0n) is 10.4. The number of nitrogens with two attached hydrogens (primary N) is 1. The maximum atomic E-state index is 12.4. The fraction of sp³-hybridized carbons (Fsp3) is 0.462. The van der Waals surface area contributed by atoms with Gasteiger partial charge in [-0.15, -0.1) is 0 Å². The highest BCUT2D eigenvalue weighted by Gasteiger charge is 2.26. The highest BCUT2D eigenvalue weighted by Crippen LogP contribution is 2.25. The molecule has 1 unspecified atom stereocenters. The van der Waals surface area contributed by atoms with E-state index in [1.54, 1.807) is 30.2 Å². The van der Waals surface area contributed by atoms with Crippen molar-refractivity contribution < 1.29 is 9.53 Å². The molecule has 0 radical (unpaired) electrons. The number of likely N-dealkylation sites (tertiary alicyclic amines) is 1. The fourth-order valence-electron chi connectivity index (χ4n) is 2.24. The number of ether oxygens (including phenoxy) is 1. The first-order chi connectivity index (χ1) is 8.63. The molecule has 1 aliphatic rings. The van der Waals surface area contributed by atoms with Crippen LogP contribution in [0.4, 0.5) is 5.69 Å². The number of nitrogen functional groups attached to an aromatic ring is 1. The standard InChI is InChI=1S/C13H17ClN2O2/c1-18-9-4-3-7-16(8-9)13(17)12-10(14)5-2-6-11(12)15/h2,5-6,9H,3-4,7-8,15H2,1H3. The highest BCUT2D eigenvalue weighted by atomic mass is 35.5. The van der Waals surface area contributed by atoms with Crippen molar-refractivity contribution in [3.05, 3.63) is 28.8 Å². The second-order valence-corrected chi connectivity index (χ2v) is 4.86. The molecule has 2 rings (SSSR count). The molecule has 1 aromatic carbocycles. The number of anilines is 1. The first-order valence-corrected chi connectivity index (χ1v) is 6.37. The number of methoxy groups -OCH3 is 1. The molecule has 0 aliphatic carbocycles. The van der Waals surface area contributed by atoms with Gasteiger partial charge in [0.1, 0.15) is 0 Å². The fourth-order valence-corrected chi connectivity index (χ4v) is 2.50. The maximum Gasteiger partial charge on any atom is 0.257 e. The lowest BCUT2D eigenvalue weighted by Crippen LogP contribution is -2.43. The summed E-state index contributed by atoms with van der Waals surface area (Å²) in [5, 5.41) is 0.402. The van der Waals surface area contributed by atoms with Gasteiger partial charge in [-0.1, -0.05) is 17.7 Å². The van der Waals surface area contributed by atoms with Crippen LogP contribution in [0.25, 0.3) is 0 Å². The predicted molar refractivity (Wildman–Crippen MR) is 71.8 cm³/mol. The number of hydrogen-bond donors (Lipinski definition) is 1. The van der Waals surface area contributed by atoms with Gasteiger partial charge >= 0.3 is 0 Å². The van der Waals surface area contributed by atoms with Crippen molar-refractivity contribution in [2.24, 2.45) is 0 Å². The van der Waals surface area contributed by atoms with Crippen molar-refractivity contribution in [2.45, 2.75) is 18.9 Å². The number of benzene rings is 1. The van der Waals surface area contributed by atoms with Crippen molar-refractivity contribution in [1.82, 2.24) is 4.90 Å². The molecule has 0 saturated carbocycles. The summed E-state index contributed by atoms with van der Waals surface area (Å²) in [6, 6.07) is 5.11. The van der Waals surface area contributed by atoms with Crippen LogP contribution in [-0.2, 0) is 4.74 Å². The monoisotopic (exact) mass is 268 g/mol. The summed E-state index contributed by atoms with van der Waals surface area (Å²) in [7, 11) is 1.67. The number of hydrogen-bond acceptors (Lipinski definition) is 3. The molecule has 4 nitrogen and oxygen atoms in total. The van der Waals surface area contributed by atoms with Gasteiger partial charge in [-0.25, -0.2) is 0 Å². The third-order valence-electron chi connectivity index (χ3n) is 3.26. The smallest absolute Gasteiger partial charge is 0.257 e. The first-order valence-electron chi connectivity index (χ1n) is 5.99. The lowest BCUT2D eigenvalue weighted by Gasteiger charge is -2.32. The van der Waals surface area contributed by atoms with Crippen molar-refractivity contribution >= 4 is 23.2 Å². The van der Waals surface area contributed by atoms with E-state index in [-0.39, 0.29) is 12.0 Å². The molecular weight excluding hydrogens is 252 g/mol. The summed E-state index contributed by atoms with van der Waals surface area (Å²) in [5.41, 5.74) is 6.66. The van der Waals surface area contributed by atoms with Gasteiger partial charge in [0.2, 0.25) is 0 Å². The van der Waals surface area contributed by atoms with Crippen molar-refractivity contribution in [3.8, 4) is 0 Å². The van der Waals surface area contributed by atoms with Crippen LogP contribution < -0.4 is 5.73 Å². The quantitative estimate of drug-likeness (QED) is 0.837. The van der Waals surface area contributed by atoms with Crippen LogP contribution in [0, 0.1) is 0 Å². The van der Waals surface area contributed by atoms with Crippen LogP contribution in [0.3, 0.4) is 0 Å². The lowest BCUT2D eigenvalue weighted by molar-refractivity contribution is 0.0269. The van der Waals surface area contributed by atoms with E-state index in [9.17, 15) is 4.79 Å². The normalized spacial score (nSPS) is 19.9. The van der Waals surface area contributed by atoms with Gasteiger partial charge in [0.15, 0.2) is 0 Å². The third-order valence-corrected chi connectivity index (χ3v) is 3.57. The van der Waals surface area contributed by atoms with Gasteiger partial charge < -0.3 is 15.4 Å². The van der Waals surface area contributed by atoms with Gasteiger partial charge in [-0.3, -0.25) is 4.79 Å². The molecule has 2 N–H and O–H groups in total. The van der Waals surface area contributed by atoms with Gasteiger partial charge in [-0.05, 0) is 25.0 Å². The molecule has 1 saturated heterocycles. The Morgan fingerprint density at radius 1 is 1.56 bits per heavy atom. The Hall–Kier alpha value is -1.26. The molecule has 18 heavy (non-hydrogen) atoms. The minimum Gasteiger partial charge on any atom is -0.398 e. The average molecular weight is 269 g/mol. The summed E-state index contributed by atoms with van der Waals surface area (Å²) < 4.78 is 5.31. The van der Waals surface area contributed by atoms with E-state index in [1.165, 1.54) is 0 Å². The Morgan fingerprint density at radius 3 is 3.00 bits per heavy atom. The number of halogens is 1. The molecule has 1 atom stereocenters. The van der Waals surface area contributed by atoms with Gasteiger partial charge in [0.05, 0.1) is 16.7 Å². The molecule has 0 aromatic heterocycles. The van der Waals surface area contributed by atoms with Crippen LogP contribution in [-0.4, -0.2) is 37.1 Å². The molecule has 98 valence electrons. The molecule has 1 amide bonds. The van der Waals surface area contributed by atoms with Gasteiger partial charge in [-0.2, -0.15) is 0 Å². The second kappa shape index (κ2) is 5.59. The molecule has 1 fully saturated rings. The van der Waals surface area contributed by atoms with E-state index in [0.29, 0.717) is 22.8 Å². The van der Waals surface area contributed by atoms with Gasteiger partial charge in [0.25, 0.3) is 5.91 Å². The van der Waals surface area contributed by atoms with Crippen LogP contribution in [0.1, 0.15) is 23.2 Å². The Morgan fingerprint density at radius 2 is 2.33 bits per heavy atom. The highest BCUT2D eigenvalue weighted by molar-refractivity contribution is 6.34. The molecule has 5 heteroatoms. The van der Waals surface area contributed by atoms with Crippen molar-refractivity contribution in [1.29, 1.82) is 0 Å². The Bertz CT molecular complexity index is 430. The van der Waals surface area contributed by atoms with Gasteiger partial charge in [0, 0.05) is 25.9 Å². The number of rotatable bonds is 2. The van der Waals surface area contributed by atoms with Crippen LogP contribution >= 0.6 is 11.6 Å². The minimum atomic E-state index is -0.111. The van der Waals surface area contributed by atoms with E-state index in [2.05, 4.69) is 0 Å². The Kier molecular flexibility index (Phi) is 4.09. The van der Waals surface area contributed by atoms with E-state index in [0.717, 1.165) is 19.4 Å². The van der Waals surface area contributed by atoms with Crippen molar-refractivity contribution in [2.75, 3.05) is 25.9 Å². The zero-order chi connectivity index (χ0) is 13.1. The maximum absolute atomic E-state index is 12.4. The summed E-state index contributed by atoms with van der Waals surface area (Å²) in [4.78, 5) is 14.2. The summed E-state index contributed by atoms with van der Waals surface area (Å²) in [6.07, 6.45) is 2.03. The molecule has 0 spiro atoms. The number of carbonyl (C=O) groups excluding carboxylic acids is 1. The lowest BCUT2D eigenvalue weighted by atomic mass is 10.1. The van der Waals surface area contributed by atoms with Crippen molar-refractivity contribution in [3.63, 3.8) is 0 Å². The van der Waals surface area contributed by atoms with E-state index < -0.39 is 0 Å². The number of piperidine rings is 1. The minimum absolute atomic E-state index is 0.103. The summed E-state index contributed by atoms with van der Waals surface area (Å²) in [5.74, 6) is -0.111. The number of nitrogens with zero attached hydrogens (tertiary/aromatic N) is 1. The summed E-state index contributed by atoms with van der Waals surface area (Å²) in [6.45, 7) is 1.32. The van der Waals surface area contributed by atoms with E-state index in [4.69, 9.17) is 22.1 Å². The summed E-state index contributed by atoms with van der Waals surface area (Å²) >= 11 is 6.06. The second-order valence-electron chi connectivity index (χ2n) is 4.46. The first kappa shape index (κ1) is 13.2. The molecule has 1 heterocycles. The van der Waals surface area contributed by atoms with Crippen LogP contribution in [0.5, 0.6) is 0 Å². The largest absolute Gasteiger partial charge is 0.398 e. The van der Waals surface area contributed by atoms with Crippen LogP contribution in [0.15, 0.2) is 18.2 Å². The zero-order valence-corrected chi connectivity index (χ0v) is 11.1. The SMILES string of the molecule is COC1CCCN(C(=O)c2c(N)cccc2Cl)C1. The number of amides is 1. The molecule has 1 aromatic rings. The number of carbonyl (C=O) groups is 1. The molecule has 0 bridgehead atoms. The van der Waals surface area contributed by atoms with Crippen LogP contribution in [0.2, 0.25) is 5.02 Å². The topological polar surface area (TPSA) is 55.6 Å².